The first-order valence-corrected chi connectivity index (χ1v) is 11.1. The highest BCUT2D eigenvalue weighted by molar-refractivity contribution is 8.02. The molecule has 0 aliphatic carbocycles. The molecule has 7 nitrogen and oxygen atoms in total. The van der Waals surface area contributed by atoms with Crippen LogP contribution in [0.4, 0.5) is 5.82 Å². The van der Waals surface area contributed by atoms with Gasteiger partial charge in [0.25, 0.3) is 0 Å². The summed E-state index contributed by atoms with van der Waals surface area (Å²) in [5.41, 5.74) is 9.10. The Labute approximate surface area is 191 Å². The molecular weight excluding hydrogens is 424 g/mol. The fourth-order valence-electron chi connectivity index (χ4n) is 3.47. The molecule has 0 spiro atoms. The third-order valence-corrected chi connectivity index (χ3v) is 6.58. The summed E-state index contributed by atoms with van der Waals surface area (Å²) in [6.07, 6.45) is 2.62. The van der Waals surface area contributed by atoms with Crippen LogP contribution in [0.25, 0.3) is 10.8 Å². The standard InChI is InChI=1S/C24H28N4O3S/c1-15-8-9-21(20-7-5-4-6-19(15)20)24(31)32-22(10-11-29)16(2)28(14-30)13-18-12-26-17(3)27-23(18)25/h4-9,12,14,29,31-32H,10-11,13H2,1-3H3,(H2,25,26,27)/b22-16-. The van der Waals surface area contributed by atoms with E-state index in [1.165, 1.54) is 4.90 Å². The molecule has 0 radical (unpaired) electrons. The van der Waals surface area contributed by atoms with Crippen LogP contribution in [0.15, 0.2) is 53.2 Å². The van der Waals surface area contributed by atoms with Crippen molar-refractivity contribution < 1.29 is 15.0 Å². The van der Waals surface area contributed by atoms with Crippen molar-refractivity contribution in [2.45, 2.75) is 33.7 Å². The number of hydrogen-bond acceptors (Lipinski definition) is 5. The molecule has 168 valence electrons. The van der Waals surface area contributed by atoms with Gasteiger partial charge in [0, 0.05) is 41.0 Å². The number of carbonyl (C=O) groups excluding carboxylic acids is 1. The van der Waals surface area contributed by atoms with E-state index in [1.807, 2.05) is 43.3 Å². The fourth-order valence-corrected chi connectivity index (χ4v) is 4.55. The first-order valence-electron chi connectivity index (χ1n) is 10.2. The average molecular weight is 453 g/mol. The van der Waals surface area contributed by atoms with Crippen molar-refractivity contribution in [1.29, 1.82) is 0 Å². The second kappa shape index (κ2) is 10.5. The molecule has 32 heavy (non-hydrogen) atoms. The van der Waals surface area contributed by atoms with Crippen LogP contribution >= 0.6 is 11.4 Å². The Morgan fingerprint density at radius 2 is 1.91 bits per heavy atom. The largest absolute Gasteiger partial charge is 0.396 e. The molecule has 0 aliphatic rings. The van der Waals surface area contributed by atoms with Crippen molar-refractivity contribution in [1.82, 2.24) is 14.9 Å². The summed E-state index contributed by atoms with van der Waals surface area (Å²) in [6.45, 7) is 5.65. The Morgan fingerprint density at radius 3 is 2.56 bits per heavy atom. The Morgan fingerprint density at radius 1 is 1.19 bits per heavy atom. The number of nitrogens with two attached hydrogens (primary N) is 1. The number of amides is 1. The predicted octanol–water partition coefficient (Wildman–Crippen LogP) is 3.60. The van der Waals surface area contributed by atoms with Gasteiger partial charge in [-0.25, -0.2) is 9.97 Å². The highest BCUT2D eigenvalue weighted by atomic mass is 32.1. The van der Waals surface area contributed by atoms with Crippen molar-refractivity contribution in [3.05, 3.63) is 75.7 Å². The number of aromatic nitrogens is 2. The van der Waals surface area contributed by atoms with Crippen LogP contribution in [-0.2, 0) is 11.3 Å². The number of fused-ring (bicyclic) bond motifs is 1. The lowest BCUT2D eigenvalue weighted by atomic mass is 10.0. The first kappa shape index (κ1) is 23.6. The van der Waals surface area contributed by atoms with Crippen molar-refractivity contribution in [3.8, 4) is 0 Å². The Kier molecular flexibility index (Phi) is 7.74. The molecule has 2 aromatic carbocycles. The molecule has 0 bridgehead atoms. The Hall–Kier alpha value is -3.07. The van der Waals surface area contributed by atoms with Gasteiger partial charge in [0.2, 0.25) is 6.41 Å². The van der Waals surface area contributed by atoms with Gasteiger partial charge >= 0.3 is 0 Å². The zero-order chi connectivity index (χ0) is 23.3. The number of aryl methyl sites for hydroxylation is 2. The minimum Gasteiger partial charge on any atom is -0.396 e. The third-order valence-electron chi connectivity index (χ3n) is 5.31. The Balaban J connectivity index is 2.02. The maximum Gasteiger partial charge on any atom is 0.214 e. The number of aliphatic hydroxyl groups excluding tert-OH is 2. The van der Waals surface area contributed by atoms with Gasteiger partial charge in [0.05, 0.1) is 6.54 Å². The number of rotatable bonds is 8. The van der Waals surface area contributed by atoms with E-state index in [9.17, 15) is 15.0 Å². The minimum absolute atomic E-state index is 0.107. The molecule has 0 aliphatic heterocycles. The van der Waals surface area contributed by atoms with Gasteiger partial charge < -0.3 is 20.8 Å². The fraction of sp³-hybridized carbons (Fsp3) is 0.250. The van der Waals surface area contributed by atoms with Crippen molar-refractivity contribution in [2.24, 2.45) is 0 Å². The van der Waals surface area contributed by atoms with Crippen LogP contribution in [-0.4, -0.2) is 43.1 Å². The summed E-state index contributed by atoms with van der Waals surface area (Å²) in [6, 6.07) is 11.8. The van der Waals surface area contributed by atoms with E-state index in [0.717, 1.165) is 26.8 Å². The molecule has 0 fully saturated rings. The lowest BCUT2D eigenvalue weighted by molar-refractivity contribution is -0.116. The molecule has 0 unspecified atom stereocenters. The second-order valence-electron chi connectivity index (χ2n) is 7.48. The molecule has 0 atom stereocenters. The summed E-state index contributed by atoms with van der Waals surface area (Å²) in [5.74, 6) is 0.874. The number of anilines is 1. The van der Waals surface area contributed by atoms with Crippen LogP contribution in [0.5, 0.6) is 0 Å². The smallest absolute Gasteiger partial charge is 0.214 e. The molecule has 1 amide bonds. The van der Waals surface area contributed by atoms with E-state index in [4.69, 9.17) is 5.73 Å². The average Bonchev–Trinajstić information content (AvgIpc) is 2.78. The second-order valence-corrected chi connectivity index (χ2v) is 8.66. The van der Waals surface area contributed by atoms with E-state index < -0.39 is 0 Å². The number of hydrogen-bond donors (Lipinski definition) is 4. The maximum atomic E-state index is 11.9. The summed E-state index contributed by atoms with van der Waals surface area (Å²) in [7, 11) is 0. The number of allylic oxidation sites excluding steroid dienone is 1. The van der Waals surface area contributed by atoms with Crippen LogP contribution in [0.3, 0.4) is 0 Å². The lowest BCUT2D eigenvalue weighted by Gasteiger charge is -2.21. The van der Waals surface area contributed by atoms with Crippen LogP contribution in [0, 0.1) is 13.8 Å². The highest BCUT2D eigenvalue weighted by Gasteiger charge is 2.14. The molecule has 4 N–H and O–H groups in total. The number of aliphatic hydroxyl groups is 2. The van der Waals surface area contributed by atoms with Gasteiger partial charge in [-0.2, -0.15) is 0 Å². The van der Waals surface area contributed by atoms with Crippen molar-refractivity contribution >= 4 is 39.4 Å². The number of thiol groups is 1. The van der Waals surface area contributed by atoms with Crippen LogP contribution in [0.1, 0.15) is 35.9 Å². The third kappa shape index (κ3) is 5.21. The summed E-state index contributed by atoms with van der Waals surface area (Å²) in [4.78, 5) is 22.4. The molecule has 3 aromatic rings. The normalized spacial score (nSPS) is 12.8. The molecule has 1 aromatic heterocycles. The van der Waals surface area contributed by atoms with E-state index in [0.29, 0.717) is 47.1 Å². The van der Waals surface area contributed by atoms with E-state index in [2.05, 4.69) is 9.97 Å². The zero-order valence-corrected chi connectivity index (χ0v) is 19.3. The van der Waals surface area contributed by atoms with Gasteiger partial charge in [0.1, 0.15) is 16.7 Å². The molecule has 1 heterocycles. The van der Waals surface area contributed by atoms with Gasteiger partial charge in [0.15, 0.2) is 0 Å². The first-order chi connectivity index (χ1) is 15.3. The molecule has 3 rings (SSSR count). The van der Waals surface area contributed by atoms with Gasteiger partial charge in [-0.15, -0.1) is 11.4 Å². The van der Waals surface area contributed by atoms with Crippen molar-refractivity contribution in [3.63, 3.8) is 0 Å². The van der Waals surface area contributed by atoms with E-state index in [1.54, 1.807) is 20.0 Å². The minimum atomic E-state index is -0.107. The topological polar surface area (TPSA) is 113 Å². The van der Waals surface area contributed by atoms with Gasteiger partial charge in [-0.3, -0.25) is 4.79 Å². The quantitative estimate of drug-likeness (QED) is 0.236. The number of carbonyl (C=O) groups is 1. The lowest BCUT2D eigenvalue weighted by Crippen LogP contribution is -2.22. The van der Waals surface area contributed by atoms with Crippen LogP contribution in [0.2, 0.25) is 0 Å². The van der Waals surface area contributed by atoms with E-state index in [-0.39, 0.29) is 18.2 Å². The molecule has 8 heteroatoms. The van der Waals surface area contributed by atoms with Crippen LogP contribution < -0.4 is 5.73 Å². The van der Waals surface area contributed by atoms with Gasteiger partial charge in [-0.1, -0.05) is 36.4 Å². The summed E-state index contributed by atoms with van der Waals surface area (Å²) >= 11 is 0.522. The summed E-state index contributed by atoms with van der Waals surface area (Å²) in [5, 5.41) is 22.8. The molecule has 0 saturated carbocycles. The maximum absolute atomic E-state index is 11.9. The van der Waals surface area contributed by atoms with E-state index >= 15 is 0 Å². The number of benzene rings is 2. The molecule has 0 saturated heterocycles. The zero-order valence-electron chi connectivity index (χ0n) is 18.4. The monoisotopic (exact) mass is 452 g/mol. The molecular formula is C24H28N4O3S. The van der Waals surface area contributed by atoms with Gasteiger partial charge in [-0.05, 0) is 37.1 Å². The Bertz CT molecular complexity index is 1210. The van der Waals surface area contributed by atoms with Crippen molar-refractivity contribution in [2.75, 3.05) is 12.3 Å². The summed E-state index contributed by atoms with van der Waals surface area (Å²) < 4.78 is 0. The number of nitrogens with zero attached hydrogens (tertiary/aromatic N) is 3. The number of nitrogen functional groups attached to an aromatic ring is 1. The SMILES string of the molecule is C/C(=C(CCO)/[SH]=C(\O)c1ccc(C)c2ccccc12)N(C=O)Cc1cnc(C)nc1N. The highest BCUT2D eigenvalue weighted by Crippen LogP contribution is 2.27. The predicted molar refractivity (Wildman–Crippen MR) is 132 cm³/mol.